The summed E-state index contributed by atoms with van der Waals surface area (Å²) in [5, 5.41) is 0. The molecule has 0 aliphatic heterocycles. The summed E-state index contributed by atoms with van der Waals surface area (Å²) < 4.78 is 16.3. The summed E-state index contributed by atoms with van der Waals surface area (Å²) in [4.78, 5) is 13.8. The first-order chi connectivity index (χ1) is 11.6. The van der Waals surface area contributed by atoms with Crippen molar-refractivity contribution in [2.45, 2.75) is 26.4 Å². The Morgan fingerprint density at radius 3 is 2.67 bits per heavy atom. The van der Waals surface area contributed by atoms with Crippen molar-refractivity contribution < 1.29 is 18.7 Å². The number of carbonyl (C=O) groups excluding carboxylic acids is 1. The minimum Gasteiger partial charge on any atom is -0.493 e. The van der Waals surface area contributed by atoms with Gasteiger partial charge in [-0.15, -0.1) is 0 Å². The number of carbonyl (C=O) groups is 1. The highest BCUT2D eigenvalue weighted by atomic mass is 16.5. The van der Waals surface area contributed by atoms with E-state index in [-0.39, 0.29) is 5.78 Å². The number of nitrogens with zero attached hydrogens (tertiary/aromatic N) is 1. The fourth-order valence-corrected chi connectivity index (χ4v) is 2.87. The standard InChI is InChI=1S/C19H21NO4/c1-13-16(5-6-17(13)21)20(2)15-4-7-18(22-3)19(10-15)24-12-14-8-9-23-11-14/h4,7-11H,5-6,12H2,1-3H3. The van der Waals surface area contributed by atoms with Gasteiger partial charge in [-0.2, -0.15) is 0 Å². The first-order valence-electron chi connectivity index (χ1n) is 7.88. The van der Waals surface area contributed by atoms with Crippen LogP contribution in [0.25, 0.3) is 0 Å². The zero-order chi connectivity index (χ0) is 17.1. The Kier molecular flexibility index (Phi) is 4.60. The Morgan fingerprint density at radius 2 is 2.04 bits per heavy atom. The Hall–Kier alpha value is -2.69. The van der Waals surface area contributed by atoms with Gasteiger partial charge in [0.1, 0.15) is 6.61 Å². The minimum absolute atomic E-state index is 0.224. The zero-order valence-electron chi connectivity index (χ0n) is 14.2. The van der Waals surface area contributed by atoms with Gasteiger partial charge in [0.2, 0.25) is 0 Å². The minimum atomic E-state index is 0.224. The van der Waals surface area contributed by atoms with E-state index in [1.807, 2.05) is 43.1 Å². The highest BCUT2D eigenvalue weighted by Crippen LogP contribution is 2.35. The van der Waals surface area contributed by atoms with Gasteiger partial charge >= 0.3 is 0 Å². The third kappa shape index (κ3) is 3.15. The maximum absolute atomic E-state index is 11.8. The molecule has 0 amide bonds. The predicted molar refractivity (Wildman–Crippen MR) is 91.4 cm³/mol. The van der Waals surface area contributed by atoms with Crippen molar-refractivity contribution in [2.75, 3.05) is 19.1 Å². The second-order valence-corrected chi connectivity index (χ2v) is 5.81. The van der Waals surface area contributed by atoms with Crippen LogP contribution in [0.15, 0.2) is 52.5 Å². The smallest absolute Gasteiger partial charge is 0.163 e. The van der Waals surface area contributed by atoms with Crippen molar-refractivity contribution in [3.05, 3.63) is 53.6 Å². The van der Waals surface area contributed by atoms with Gasteiger partial charge in [0.25, 0.3) is 0 Å². The number of rotatable bonds is 6. The number of anilines is 1. The molecule has 2 aromatic rings. The summed E-state index contributed by atoms with van der Waals surface area (Å²) >= 11 is 0. The van der Waals surface area contributed by atoms with Crippen molar-refractivity contribution in [3.63, 3.8) is 0 Å². The SMILES string of the molecule is COc1ccc(N(C)C2=C(C)C(=O)CC2)cc1OCc1ccoc1. The van der Waals surface area contributed by atoms with E-state index in [0.29, 0.717) is 24.5 Å². The van der Waals surface area contributed by atoms with Crippen LogP contribution < -0.4 is 14.4 Å². The van der Waals surface area contributed by atoms with Crippen molar-refractivity contribution in [3.8, 4) is 11.5 Å². The van der Waals surface area contributed by atoms with Gasteiger partial charge in [0.05, 0.1) is 19.6 Å². The Labute approximate surface area is 141 Å². The van der Waals surface area contributed by atoms with E-state index >= 15 is 0 Å². The van der Waals surface area contributed by atoms with Crippen molar-refractivity contribution >= 4 is 11.5 Å². The molecule has 1 aliphatic carbocycles. The zero-order valence-corrected chi connectivity index (χ0v) is 14.2. The number of methoxy groups -OCH3 is 1. The number of hydrogen-bond donors (Lipinski definition) is 0. The second kappa shape index (κ2) is 6.83. The molecule has 1 aliphatic rings. The number of furan rings is 1. The quantitative estimate of drug-likeness (QED) is 0.804. The molecule has 5 nitrogen and oxygen atoms in total. The number of ether oxygens (including phenoxy) is 2. The molecule has 0 saturated heterocycles. The van der Waals surface area contributed by atoms with Crippen LogP contribution in [0.3, 0.4) is 0 Å². The van der Waals surface area contributed by atoms with Gasteiger partial charge in [-0.05, 0) is 31.5 Å². The van der Waals surface area contributed by atoms with Crippen LogP contribution >= 0.6 is 0 Å². The van der Waals surface area contributed by atoms with E-state index in [1.54, 1.807) is 19.6 Å². The van der Waals surface area contributed by atoms with Gasteiger partial charge in [-0.1, -0.05) is 0 Å². The predicted octanol–water partition coefficient (Wildman–Crippen LogP) is 3.94. The maximum atomic E-state index is 11.8. The molecule has 126 valence electrons. The number of benzene rings is 1. The molecule has 0 fully saturated rings. The third-order valence-corrected chi connectivity index (χ3v) is 4.35. The molecular weight excluding hydrogens is 306 g/mol. The molecule has 1 aromatic heterocycles. The molecule has 0 saturated carbocycles. The van der Waals surface area contributed by atoms with Crippen LogP contribution in [0.5, 0.6) is 11.5 Å². The van der Waals surface area contributed by atoms with Crippen LogP contribution in [0, 0.1) is 0 Å². The Bertz CT molecular complexity index is 762. The highest BCUT2D eigenvalue weighted by Gasteiger charge is 2.23. The lowest BCUT2D eigenvalue weighted by Gasteiger charge is -2.23. The summed E-state index contributed by atoms with van der Waals surface area (Å²) in [6.45, 7) is 2.29. The molecule has 0 N–H and O–H groups in total. The molecular formula is C19H21NO4. The molecule has 0 bridgehead atoms. The van der Waals surface area contributed by atoms with Crippen LogP contribution in [-0.2, 0) is 11.4 Å². The number of ketones is 1. The molecule has 3 rings (SSSR count). The Balaban J connectivity index is 1.84. The van der Waals surface area contributed by atoms with E-state index in [0.717, 1.165) is 28.9 Å². The van der Waals surface area contributed by atoms with E-state index in [9.17, 15) is 4.79 Å². The molecule has 0 unspecified atom stereocenters. The van der Waals surface area contributed by atoms with Gasteiger partial charge in [0.15, 0.2) is 17.3 Å². The average molecular weight is 327 g/mol. The van der Waals surface area contributed by atoms with Crippen LogP contribution in [0.1, 0.15) is 25.3 Å². The molecule has 5 heteroatoms. The molecule has 0 radical (unpaired) electrons. The van der Waals surface area contributed by atoms with Gasteiger partial charge in [0, 0.05) is 42.1 Å². The average Bonchev–Trinajstić information content (AvgIpc) is 3.23. The van der Waals surface area contributed by atoms with E-state index < -0.39 is 0 Å². The second-order valence-electron chi connectivity index (χ2n) is 5.81. The van der Waals surface area contributed by atoms with Gasteiger partial charge in [-0.25, -0.2) is 0 Å². The Morgan fingerprint density at radius 1 is 1.21 bits per heavy atom. The summed E-state index contributed by atoms with van der Waals surface area (Å²) in [7, 11) is 3.59. The van der Waals surface area contributed by atoms with Crippen molar-refractivity contribution in [2.24, 2.45) is 0 Å². The normalized spacial score (nSPS) is 14.2. The largest absolute Gasteiger partial charge is 0.493 e. The van der Waals surface area contributed by atoms with Crippen LogP contribution in [0.2, 0.25) is 0 Å². The van der Waals surface area contributed by atoms with E-state index in [2.05, 4.69) is 0 Å². The first-order valence-corrected chi connectivity index (χ1v) is 7.88. The molecule has 0 atom stereocenters. The maximum Gasteiger partial charge on any atom is 0.163 e. The van der Waals surface area contributed by atoms with Gasteiger partial charge < -0.3 is 18.8 Å². The topological polar surface area (TPSA) is 51.9 Å². The summed E-state index contributed by atoms with van der Waals surface area (Å²) in [5.74, 6) is 1.55. The van der Waals surface area contributed by atoms with Gasteiger partial charge in [-0.3, -0.25) is 4.79 Å². The summed E-state index contributed by atoms with van der Waals surface area (Å²) in [6, 6.07) is 7.64. The van der Waals surface area contributed by atoms with Crippen molar-refractivity contribution in [1.29, 1.82) is 0 Å². The highest BCUT2D eigenvalue weighted by molar-refractivity contribution is 5.98. The molecule has 24 heavy (non-hydrogen) atoms. The molecule has 1 heterocycles. The summed E-state index contributed by atoms with van der Waals surface area (Å²) in [5.41, 5.74) is 3.82. The number of Topliss-reactive ketones (excluding diaryl/α,β-unsaturated/α-hetero) is 1. The van der Waals surface area contributed by atoms with E-state index in [4.69, 9.17) is 13.9 Å². The van der Waals surface area contributed by atoms with Crippen molar-refractivity contribution in [1.82, 2.24) is 0 Å². The lowest BCUT2D eigenvalue weighted by molar-refractivity contribution is -0.114. The number of hydrogen-bond acceptors (Lipinski definition) is 5. The first kappa shape index (κ1) is 16.2. The van der Waals surface area contributed by atoms with Crippen LogP contribution in [-0.4, -0.2) is 19.9 Å². The van der Waals surface area contributed by atoms with E-state index in [1.165, 1.54) is 0 Å². The molecule has 0 spiro atoms. The lowest BCUT2D eigenvalue weighted by atomic mass is 10.2. The molecule has 1 aromatic carbocycles. The third-order valence-electron chi connectivity index (χ3n) is 4.35. The fourth-order valence-electron chi connectivity index (χ4n) is 2.87. The fraction of sp³-hybridized carbons (Fsp3) is 0.316. The lowest BCUT2D eigenvalue weighted by Crippen LogP contribution is -2.16. The number of allylic oxidation sites excluding steroid dienone is 2. The van der Waals surface area contributed by atoms with Crippen LogP contribution in [0.4, 0.5) is 5.69 Å². The summed E-state index contributed by atoms with van der Waals surface area (Å²) in [6.07, 6.45) is 4.64. The monoisotopic (exact) mass is 327 g/mol.